The molecule has 0 atom stereocenters. The number of nitrogens with zero attached hydrogens (tertiary/aromatic N) is 1. The Morgan fingerprint density at radius 2 is 1.00 bits per heavy atom. The Bertz CT molecular complexity index is 249. The Balaban J connectivity index is 0. The molecule has 0 heterocycles. The lowest BCUT2D eigenvalue weighted by molar-refractivity contribution is -0.890. The van der Waals surface area contributed by atoms with Gasteiger partial charge in [-0.3, -0.25) is 0 Å². The van der Waals surface area contributed by atoms with E-state index in [9.17, 15) is 0 Å². The standard InChI is InChI=1S/C20H46NSi.ClH/c1-7-8-9-10-11-12-13-14-15-16-18-21(2,3)19-17-20-22(4,5)6;/h7-20H2,1-6H3;1H/q+1;/p-1. The molecule has 23 heavy (non-hydrogen) atoms. The number of quaternary nitrogens is 1. The Morgan fingerprint density at radius 1 is 0.609 bits per heavy atom. The van der Waals surface area contributed by atoms with Crippen LogP contribution in [-0.4, -0.2) is 39.7 Å². The van der Waals surface area contributed by atoms with Crippen LogP contribution in [0.4, 0.5) is 0 Å². The van der Waals surface area contributed by atoms with E-state index in [1.54, 1.807) is 0 Å². The minimum atomic E-state index is -0.832. The van der Waals surface area contributed by atoms with E-state index in [-0.39, 0.29) is 12.4 Å². The lowest BCUT2D eigenvalue weighted by atomic mass is 10.1. The van der Waals surface area contributed by atoms with Crippen molar-refractivity contribution in [2.24, 2.45) is 0 Å². The van der Waals surface area contributed by atoms with Crippen LogP contribution in [0.25, 0.3) is 0 Å². The number of hydrogen-bond donors (Lipinski definition) is 0. The highest BCUT2D eigenvalue weighted by atomic mass is 35.5. The highest BCUT2D eigenvalue weighted by Crippen LogP contribution is 2.15. The maximum absolute atomic E-state index is 2.50. The smallest absolute Gasteiger partial charge is 0.0782 e. The summed E-state index contributed by atoms with van der Waals surface area (Å²) in [6.07, 6.45) is 15.9. The lowest BCUT2D eigenvalue weighted by Gasteiger charge is -2.31. The van der Waals surface area contributed by atoms with Crippen molar-refractivity contribution in [1.82, 2.24) is 0 Å². The highest BCUT2D eigenvalue weighted by molar-refractivity contribution is 6.76. The number of hydrogen-bond acceptors (Lipinski definition) is 0. The first kappa shape index (κ1) is 25.7. The van der Waals surface area contributed by atoms with Crippen LogP contribution in [0.5, 0.6) is 0 Å². The van der Waals surface area contributed by atoms with Gasteiger partial charge in [0.2, 0.25) is 0 Å². The molecule has 0 aromatic rings. The third-order valence-electron chi connectivity index (χ3n) is 4.81. The van der Waals surface area contributed by atoms with E-state index < -0.39 is 8.07 Å². The average molecular weight is 364 g/mol. The van der Waals surface area contributed by atoms with Crippen molar-refractivity contribution in [1.29, 1.82) is 0 Å². The monoisotopic (exact) mass is 363 g/mol. The molecule has 3 heteroatoms. The molecule has 0 fully saturated rings. The Morgan fingerprint density at radius 3 is 1.43 bits per heavy atom. The van der Waals surface area contributed by atoms with Gasteiger partial charge in [-0.2, -0.15) is 0 Å². The summed E-state index contributed by atoms with van der Waals surface area (Å²) in [7, 11) is 4.02. The lowest BCUT2D eigenvalue weighted by Crippen LogP contribution is -3.00. The van der Waals surface area contributed by atoms with Crippen molar-refractivity contribution >= 4 is 8.07 Å². The SMILES string of the molecule is CCCCCCCCCCCC[N+](C)(C)CCC[Si](C)(C)C.[Cl-]. The van der Waals surface area contributed by atoms with E-state index in [1.807, 2.05) is 0 Å². The molecular formula is C20H46ClNSi. The molecule has 0 N–H and O–H groups in total. The molecule has 0 rings (SSSR count). The summed E-state index contributed by atoms with van der Waals surface area (Å²) in [5, 5.41) is 0. The van der Waals surface area contributed by atoms with E-state index in [4.69, 9.17) is 0 Å². The van der Waals surface area contributed by atoms with Crippen molar-refractivity contribution in [2.45, 2.75) is 103 Å². The molecule has 0 aliphatic heterocycles. The largest absolute Gasteiger partial charge is 1.00 e. The van der Waals surface area contributed by atoms with Crippen LogP contribution in [0.1, 0.15) is 77.6 Å². The van der Waals surface area contributed by atoms with Crippen LogP contribution < -0.4 is 12.4 Å². The van der Waals surface area contributed by atoms with E-state index >= 15 is 0 Å². The Labute approximate surface area is 155 Å². The van der Waals surface area contributed by atoms with Crippen molar-refractivity contribution in [2.75, 3.05) is 27.2 Å². The molecule has 0 radical (unpaired) electrons. The van der Waals surface area contributed by atoms with Gasteiger partial charge in [-0.05, 0) is 19.3 Å². The predicted octanol–water partition coefficient (Wildman–Crippen LogP) is 3.72. The molecule has 0 bridgehead atoms. The second-order valence-corrected chi connectivity index (χ2v) is 14.9. The molecule has 0 unspecified atom stereocenters. The Hall–Kier alpha value is 0.467. The highest BCUT2D eigenvalue weighted by Gasteiger charge is 2.18. The summed E-state index contributed by atoms with van der Waals surface area (Å²) in [4.78, 5) is 0. The Kier molecular flexibility index (Phi) is 16.5. The van der Waals surface area contributed by atoms with Crippen molar-refractivity contribution < 1.29 is 16.9 Å². The minimum absolute atomic E-state index is 0. The average Bonchev–Trinajstić information content (AvgIpc) is 2.39. The molecule has 0 aromatic heterocycles. The zero-order chi connectivity index (χ0) is 16.9. The van der Waals surface area contributed by atoms with E-state index in [2.05, 4.69) is 40.7 Å². The first-order valence-electron chi connectivity index (χ1n) is 10.1. The zero-order valence-electron chi connectivity index (χ0n) is 17.2. The van der Waals surface area contributed by atoms with Gasteiger partial charge in [0, 0.05) is 8.07 Å². The molecule has 0 aliphatic rings. The van der Waals surface area contributed by atoms with Crippen LogP contribution in [0.15, 0.2) is 0 Å². The third-order valence-corrected chi connectivity index (χ3v) is 6.66. The molecule has 1 nitrogen and oxygen atoms in total. The number of rotatable bonds is 15. The van der Waals surface area contributed by atoms with Crippen LogP contribution in [0.2, 0.25) is 25.7 Å². The van der Waals surface area contributed by atoms with Gasteiger partial charge < -0.3 is 16.9 Å². The first-order valence-corrected chi connectivity index (χ1v) is 13.8. The molecular weight excluding hydrogens is 318 g/mol. The van der Waals surface area contributed by atoms with Crippen LogP contribution in [0, 0.1) is 0 Å². The summed E-state index contributed by atoms with van der Waals surface area (Å²) >= 11 is 0. The summed E-state index contributed by atoms with van der Waals surface area (Å²) in [6.45, 7) is 12.5. The fourth-order valence-corrected chi connectivity index (χ4v) is 4.40. The molecule has 0 saturated carbocycles. The van der Waals surface area contributed by atoms with Crippen molar-refractivity contribution in [3.63, 3.8) is 0 Å². The fraction of sp³-hybridized carbons (Fsp3) is 1.00. The predicted molar refractivity (Wildman–Crippen MR) is 106 cm³/mol. The van der Waals surface area contributed by atoms with E-state index in [0.29, 0.717) is 0 Å². The van der Waals surface area contributed by atoms with Crippen LogP contribution >= 0.6 is 0 Å². The van der Waals surface area contributed by atoms with E-state index in [0.717, 1.165) is 0 Å². The second-order valence-electron chi connectivity index (χ2n) is 9.23. The molecule has 0 saturated heterocycles. The molecule has 0 spiro atoms. The van der Waals surface area contributed by atoms with Gasteiger partial charge in [0.15, 0.2) is 0 Å². The van der Waals surface area contributed by atoms with Gasteiger partial charge in [0.05, 0.1) is 27.2 Å². The zero-order valence-corrected chi connectivity index (χ0v) is 19.0. The third kappa shape index (κ3) is 20.4. The van der Waals surface area contributed by atoms with Gasteiger partial charge in [-0.1, -0.05) is 84.0 Å². The molecule has 0 amide bonds. The summed E-state index contributed by atoms with van der Waals surface area (Å²) < 4.78 is 1.24. The number of halogens is 1. The van der Waals surface area contributed by atoms with E-state index in [1.165, 1.54) is 94.2 Å². The summed E-state index contributed by atoms with van der Waals surface area (Å²) in [5.74, 6) is 0. The second kappa shape index (κ2) is 14.8. The maximum atomic E-state index is 2.50. The van der Waals surface area contributed by atoms with Crippen LogP contribution in [-0.2, 0) is 0 Å². The molecule has 142 valence electrons. The van der Waals surface area contributed by atoms with Gasteiger partial charge in [0.25, 0.3) is 0 Å². The van der Waals surface area contributed by atoms with Crippen molar-refractivity contribution in [3.8, 4) is 0 Å². The quantitative estimate of drug-likeness (QED) is 0.236. The van der Waals surface area contributed by atoms with Crippen molar-refractivity contribution in [3.05, 3.63) is 0 Å². The van der Waals surface area contributed by atoms with Gasteiger partial charge in [-0.25, -0.2) is 0 Å². The topological polar surface area (TPSA) is 0 Å². The van der Waals surface area contributed by atoms with Gasteiger partial charge in [-0.15, -0.1) is 0 Å². The normalized spacial score (nSPS) is 12.3. The maximum Gasteiger partial charge on any atom is 0.0782 e. The summed E-state index contributed by atoms with van der Waals surface area (Å²) in [5.41, 5.74) is 0. The fourth-order valence-electron chi connectivity index (χ4n) is 3.18. The van der Waals surface area contributed by atoms with Gasteiger partial charge in [0.1, 0.15) is 0 Å². The minimum Gasteiger partial charge on any atom is -1.00 e. The first-order chi connectivity index (χ1) is 10.3. The number of unbranched alkanes of at least 4 members (excludes halogenated alkanes) is 9. The molecule has 0 aliphatic carbocycles. The van der Waals surface area contributed by atoms with Crippen LogP contribution in [0.3, 0.4) is 0 Å². The molecule has 0 aromatic carbocycles. The summed E-state index contributed by atoms with van der Waals surface area (Å²) in [6, 6.07) is 1.49. The van der Waals surface area contributed by atoms with Gasteiger partial charge >= 0.3 is 0 Å².